The first-order valence-electron chi connectivity index (χ1n) is 5.98. The molecule has 0 aliphatic heterocycles. The molecule has 0 unspecified atom stereocenters. The van der Waals surface area contributed by atoms with Gasteiger partial charge in [-0.05, 0) is 23.8 Å². The standard InChI is InChI=1S/C12H16BrFN2O4S/c1-16(6-5-12(17)20-2)21(18,19)15-8-9-7-10(14)3-4-11(9)13/h3-4,7,15H,5-6,8H2,1-2H3. The number of rotatable bonds is 7. The van der Waals surface area contributed by atoms with Crippen molar-refractivity contribution in [1.29, 1.82) is 0 Å². The topological polar surface area (TPSA) is 75.7 Å². The number of hydrogen-bond donors (Lipinski definition) is 1. The quantitative estimate of drug-likeness (QED) is 0.723. The number of carbonyl (C=O) groups is 1. The van der Waals surface area contributed by atoms with Crippen molar-refractivity contribution >= 4 is 32.1 Å². The summed E-state index contributed by atoms with van der Waals surface area (Å²) in [5, 5.41) is 0. The Kier molecular flexibility index (Phi) is 6.72. The summed E-state index contributed by atoms with van der Waals surface area (Å²) in [5.41, 5.74) is 0.472. The van der Waals surface area contributed by atoms with E-state index in [2.05, 4.69) is 25.4 Å². The molecule has 0 saturated carbocycles. The number of ether oxygens (including phenoxy) is 1. The SMILES string of the molecule is COC(=O)CCN(C)S(=O)(=O)NCc1cc(F)ccc1Br. The number of benzene rings is 1. The van der Waals surface area contributed by atoms with Gasteiger partial charge in [-0.1, -0.05) is 15.9 Å². The van der Waals surface area contributed by atoms with Crippen molar-refractivity contribution in [3.63, 3.8) is 0 Å². The van der Waals surface area contributed by atoms with Crippen LogP contribution in [0.4, 0.5) is 4.39 Å². The molecule has 0 bridgehead atoms. The van der Waals surface area contributed by atoms with Gasteiger partial charge >= 0.3 is 5.97 Å². The molecule has 0 aliphatic rings. The summed E-state index contributed by atoms with van der Waals surface area (Å²) in [5.74, 6) is -0.948. The van der Waals surface area contributed by atoms with Crippen LogP contribution in [0.15, 0.2) is 22.7 Å². The predicted molar refractivity (Wildman–Crippen MR) is 79.1 cm³/mol. The third-order valence-corrected chi connectivity index (χ3v) is 5.01. The van der Waals surface area contributed by atoms with Crippen LogP contribution in [0, 0.1) is 5.82 Å². The van der Waals surface area contributed by atoms with Crippen molar-refractivity contribution in [2.75, 3.05) is 20.7 Å². The number of nitrogens with one attached hydrogen (secondary N) is 1. The summed E-state index contributed by atoms with van der Waals surface area (Å²) >= 11 is 3.22. The summed E-state index contributed by atoms with van der Waals surface area (Å²) < 4.78 is 45.4. The molecule has 6 nitrogen and oxygen atoms in total. The predicted octanol–water partition coefficient (Wildman–Crippen LogP) is 1.42. The van der Waals surface area contributed by atoms with E-state index < -0.39 is 22.0 Å². The van der Waals surface area contributed by atoms with Crippen LogP contribution in [-0.2, 0) is 26.3 Å². The maximum Gasteiger partial charge on any atom is 0.306 e. The molecule has 0 radical (unpaired) electrons. The summed E-state index contributed by atoms with van der Waals surface area (Å²) in [7, 11) is -1.19. The Morgan fingerprint density at radius 1 is 1.48 bits per heavy atom. The molecule has 21 heavy (non-hydrogen) atoms. The number of nitrogens with zero attached hydrogens (tertiary/aromatic N) is 1. The highest BCUT2D eigenvalue weighted by molar-refractivity contribution is 9.10. The smallest absolute Gasteiger partial charge is 0.306 e. The maximum absolute atomic E-state index is 13.1. The highest BCUT2D eigenvalue weighted by Crippen LogP contribution is 2.17. The molecule has 0 fully saturated rings. The Hall–Kier alpha value is -1.03. The first-order chi connectivity index (χ1) is 9.76. The van der Waals surface area contributed by atoms with E-state index in [0.717, 1.165) is 4.31 Å². The third kappa shape index (κ3) is 5.70. The molecule has 118 valence electrons. The van der Waals surface area contributed by atoms with E-state index in [0.29, 0.717) is 10.0 Å². The van der Waals surface area contributed by atoms with Crippen LogP contribution in [0.1, 0.15) is 12.0 Å². The average Bonchev–Trinajstić information content (AvgIpc) is 2.45. The van der Waals surface area contributed by atoms with Gasteiger partial charge in [0.15, 0.2) is 0 Å². The molecule has 0 aliphatic carbocycles. The van der Waals surface area contributed by atoms with Crippen LogP contribution in [-0.4, -0.2) is 39.4 Å². The van der Waals surface area contributed by atoms with Gasteiger partial charge in [0.2, 0.25) is 0 Å². The maximum atomic E-state index is 13.1. The van der Waals surface area contributed by atoms with Crippen LogP contribution >= 0.6 is 15.9 Å². The lowest BCUT2D eigenvalue weighted by molar-refractivity contribution is -0.140. The second kappa shape index (κ2) is 7.83. The number of hydrogen-bond acceptors (Lipinski definition) is 4. The molecule has 0 spiro atoms. The zero-order valence-corrected chi connectivity index (χ0v) is 14.0. The Bertz CT molecular complexity index is 609. The van der Waals surface area contributed by atoms with Crippen LogP contribution in [0.2, 0.25) is 0 Å². The van der Waals surface area contributed by atoms with E-state index >= 15 is 0 Å². The van der Waals surface area contributed by atoms with E-state index in [1.807, 2.05) is 0 Å². The monoisotopic (exact) mass is 382 g/mol. The Morgan fingerprint density at radius 2 is 2.14 bits per heavy atom. The van der Waals surface area contributed by atoms with E-state index in [9.17, 15) is 17.6 Å². The van der Waals surface area contributed by atoms with Gasteiger partial charge in [0.25, 0.3) is 10.2 Å². The molecule has 1 rings (SSSR count). The van der Waals surface area contributed by atoms with Crippen molar-refractivity contribution in [2.45, 2.75) is 13.0 Å². The van der Waals surface area contributed by atoms with Gasteiger partial charge < -0.3 is 4.74 Å². The summed E-state index contributed by atoms with van der Waals surface area (Å²) in [4.78, 5) is 11.0. The van der Waals surface area contributed by atoms with Gasteiger partial charge in [-0.2, -0.15) is 17.4 Å². The minimum atomic E-state index is -3.76. The van der Waals surface area contributed by atoms with E-state index in [1.54, 1.807) is 0 Å². The molecule has 0 atom stereocenters. The second-order valence-electron chi connectivity index (χ2n) is 4.21. The average molecular weight is 383 g/mol. The lowest BCUT2D eigenvalue weighted by atomic mass is 10.2. The zero-order chi connectivity index (χ0) is 16.0. The fourth-order valence-electron chi connectivity index (χ4n) is 1.43. The Morgan fingerprint density at radius 3 is 2.76 bits per heavy atom. The lowest BCUT2D eigenvalue weighted by Gasteiger charge is -2.17. The van der Waals surface area contributed by atoms with Gasteiger partial charge in [-0.15, -0.1) is 0 Å². The normalized spacial score (nSPS) is 11.7. The van der Waals surface area contributed by atoms with Gasteiger partial charge in [-0.3, -0.25) is 4.79 Å². The molecule has 1 aromatic rings. The first kappa shape index (κ1) is 18.0. The number of carbonyl (C=O) groups excluding carboxylic acids is 1. The van der Waals surface area contributed by atoms with Crippen LogP contribution in [0.3, 0.4) is 0 Å². The third-order valence-electron chi connectivity index (χ3n) is 2.72. The van der Waals surface area contributed by atoms with Gasteiger partial charge in [0, 0.05) is 24.6 Å². The highest BCUT2D eigenvalue weighted by Gasteiger charge is 2.18. The van der Waals surface area contributed by atoms with E-state index in [-0.39, 0.29) is 19.5 Å². The fraction of sp³-hybridized carbons (Fsp3) is 0.417. The summed E-state index contributed by atoms with van der Waals surface area (Å²) in [6, 6.07) is 4.01. The fourth-order valence-corrected chi connectivity index (χ4v) is 2.71. The molecule has 9 heteroatoms. The highest BCUT2D eigenvalue weighted by atomic mass is 79.9. The van der Waals surface area contributed by atoms with Gasteiger partial charge in [0.1, 0.15) is 5.82 Å². The van der Waals surface area contributed by atoms with Crippen LogP contribution in [0.25, 0.3) is 0 Å². The van der Waals surface area contributed by atoms with Crippen molar-refractivity contribution in [3.8, 4) is 0 Å². The van der Waals surface area contributed by atoms with Crippen molar-refractivity contribution < 1.29 is 22.3 Å². The van der Waals surface area contributed by atoms with Crippen molar-refractivity contribution in [3.05, 3.63) is 34.1 Å². The molecule has 0 aromatic heterocycles. The Labute approximate surface area is 131 Å². The van der Waals surface area contributed by atoms with Crippen molar-refractivity contribution in [2.24, 2.45) is 0 Å². The van der Waals surface area contributed by atoms with Crippen LogP contribution in [0.5, 0.6) is 0 Å². The number of halogens is 2. The number of esters is 1. The van der Waals surface area contributed by atoms with Gasteiger partial charge in [0.05, 0.1) is 13.5 Å². The molecular formula is C12H16BrFN2O4S. The molecule has 0 heterocycles. The summed E-state index contributed by atoms with van der Waals surface area (Å²) in [6.07, 6.45) is -0.0441. The molecule has 0 amide bonds. The second-order valence-corrected chi connectivity index (χ2v) is 6.93. The van der Waals surface area contributed by atoms with E-state index in [4.69, 9.17) is 0 Å². The lowest BCUT2D eigenvalue weighted by Crippen LogP contribution is -2.39. The molecule has 0 saturated heterocycles. The number of methoxy groups -OCH3 is 1. The molecular weight excluding hydrogens is 367 g/mol. The Balaban J connectivity index is 2.63. The molecule has 1 N–H and O–H groups in total. The minimum absolute atomic E-state index is 0.00761. The zero-order valence-electron chi connectivity index (χ0n) is 11.6. The van der Waals surface area contributed by atoms with Gasteiger partial charge in [-0.25, -0.2) is 4.39 Å². The van der Waals surface area contributed by atoms with Crippen molar-refractivity contribution in [1.82, 2.24) is 9.03 Å². The van der Waals surface area contributed by atoms with Crippen LogP contribution < -0.4 is 4.72 Å². The minimum Gasteiger partial charge on any atom is -0.469 e. The summed E-state index contributed by atoms with van der Waals surface area (Å²) in [6.45, 7) is -0.0738. The largest absolute Gasteiger partial charge is 0.469 e. The van der Waals surface area contributed by atoms with E-state index in [1.165, 1.54) is 32.4 Å². The molecule has 1 aromatic carbocycles. The first-order valence-corrected chi connectivity index (χ1v) is 8.21.